The molecule has 7 nitrogen and oxygen atoms in total. The van der Waals surface area contributed by atoms with Crippen molar-refractivity contribution in [2.75, 3.05) is 20.5 Å². The molecule has 0 spiro atoms. The predicted octanol–water partition coefficient (Wildman–Crippen LogP) is 3.67. The Kier molecular flexibility index (Phi) is 6.13. The van der Waals surface area contributed by atoms with E-state index in [1.807, 2.05) is 33.9 Å². The highest BCUT2D eigenvalue weighted by atomic mass is 19.1. The Hall–Kier alpha value is -1.94. The average Bonchev–Trinajstić information content (AvgIpc) is 3.30. The molecule has 2 saturated heterocycles. The van der Waals surface area contributed by atoms with Crippen molar-refractivity contribution in [1.82, 2.24) is 9.78 Å². The van der Waals surface area contributed by atoms with Gasteiger partial charge < -0.3 is 23.5 Å². The average molecular weight is 432 g/mol. The lowest BCUT2D eigenvalue weighted by molar-refractivity contribution is -0.0394. The Morgan fingerprint density at radius 3 is 2.58 bits per heavy atom. The molecule has 4 rings (SSSR count). The highest BCUT2D eigenvalue weighted by Crippen LogP contribution is 2.38. The minimum Gasteiger partial charge on any atom is -0.468 e. The summed E-state index contributed by atoms with van der Waals surface area (Å²) < 4.78 is 45.9. The number of hydrogen-bond donors (Lipinski definition) is 0. The lowest BCUT2D eigenvalue weighted by atomic mass is 9.77. The first-order valence-corrected chi connectivity index (χ1v) is 10.7. The van der Waals surface area contributed by atoms with E-state index < -0.39 is 24.1 Å². The van der Waals surface area contributed by atoms with Crippen molar-refractivity contribution in [2.24, 2.45) is 0 Å². The SMILES string of the molecule is COCOc1cc(-c2cnn(C3CCCCO3)c2)c(F)cc1B1OC(C)(C)C(C)(C)O1. The van der Waals surface area contributed by atoms with Crippen LogP contribution in [0.15, 0.2) is 24.5 Å². The van der Waals surface area contributed by atoms with E-state index in [1.165, 1.54) is 13.2 Å². The molecule has 0 N–H and O–H groups in total. The summed E-state index contributed by atoms with van der Waals surface area (Å²) in [5, 5.41) is 4.40. The van der Waals surface area contributed by atoms with Gasteiger partial charge in [0.2, 0.25) is 0 Å². The van der Waals surface area contributed by atoms with Crippen LogP contribution in [-0.4, -0.2) is 48.6 Å². The fraction of sp³-hybridized carbons (Fsp3) is 0.591. The smallest absolute Gasteiger partial charge is 0.468 e. The first-order chi connectivity index (χ1) is 14.7. The van der Waals surface area contributed by atoms with Gasteiger partial charge in [-0.1, -0.05) is 0 Å². The van der Waals surface area contributed by atoms with Gasteiger partial charge in [0.15, 0.2) is 6.79 Å². The molecule has 2 aliphatic rings. The van der Waals surface area contributed by atoms with Gasteiger partial charge in [-0.15, -0.1) is 0 Å². The van der Waals surface area contributed by atoms with Gasteiger partial charge >= 0.3 is 7.12 Å². The summed E-state index contributed by atoms with van der Waals surface area (Å²) in [7, 11) is 0.784. The van der Waals surface area contributed by atoms with E-state index in [2.05, 4.69) is 5.10 Å². The zero-order chi connectivity index (χ0) is 22.2. The zero-order valence-electron chi connectivity index (χ0n) is 18.8. The van der Waals surface area contributed by atoms with Gasteiger partial charge in [0.1, 0.15) is 17.8 Å². The number of hydrogen-bond acceptors (Lipinski definition) is 6. The van der Waals surface area contributed by atoms with Gasteiger partial charge in [-0.3, -0.25) is 0 Å². The van der Waals surface area contributed by atoms with E-state index in [9.17, 15) is 0 Å². The zero-order valence-corrected chi connectivity index (χ0v) is 18.8. The maximum atomic E-state index is 15.3. The highest BCUT2D eigenvalue weighted by Gasteiger charge is 2.52. The van der Waals surface area contributed by atoms with Gasteiger partial charge in [0, 0.05) is 36.5 Å². The van der Waals surface area contributed by atoms with Crippen molar-refractivity contribution in [3.05, 3.63) is 30.3 Å². The summed E-state index contributed by atoms with van der Waals surface area (Å²) in [6.07, 6.45) is 6.38. The number of aromatic nitrogens is 2. The second-order valence-electron chi connectivity index (χ2n) is 9.04. The summed E-state index contributed by atoms with van der Waals surface area (Å²) in [6.45, 7) is 8.55. The third-order valence-electron chi connectivity index (χ3n) is 6.30. The summed E-state index contributed by atoms with van der Waals surface area (Å²) in [4.78, 5) is 0. The number of benzene rings is 1. The quantitative estimate of drug-likeness (QED) is 0.513. The molecule has 168 valence electrons. The fourth-order valence-corrected chi connectivity index (χ4v) is 3.76. The highest BCUT2D eigenvalue weighted by molar-refractivity contribution is 6.63. The van der Waals surface area contributed by atoms with Crippen LogP contribution < -0.4 is 10.2 Å². The lowest BCUT2D eigenvalue weighted by Crippen LogP contribution is -2.41. The molecule has 1 aromatic heterocycles. The summed E-state index contributed by atoms with van der Waals surface area (Å²) in [6, 6.07) is 3.06. The van der Waals surface area contributed by atoms with Crippen molar-refractivity contribution in [2.45, 2.75) is 64.4 Å². The van der Waals surface area contributed by atoms with Crippen LogP contribution in [0.1, 0.15) is 53.2 Å². The third-order valence-corrected chi connectivity index (χ3v) is 6.30. The van der Waals surface area contributed by atoms with Crippen molar-refractivity contribution >= 4 is 12.6 Å². The molecule has 1 atom stereocenters. The van der Waals surface area contributed by atoms with Gasteiger partial charge in [-0.25, -0.2) is 9.07 Å². The Labute approximate surface area is 182 Å². The molecule has 9 heteroatoms. The van der Waals surface area contributed by atoms with Crippen LogP contribution in [0.2, 0.25) is 0 Å². The van der Waals surface area contributed by atoms with E-state index in [-0.39, 0.29) is 13.0 Å². The molecule has 3 heterocycles. The van der Waals surface area contributed by atoms with Crippen LogP contribution in [-0.2, 0) is 18.8 Å². The Morgan fingerprint density at radius 2 is 1.94 bits per heavy atom. The van der Waals surface area contributed by atoms with E-state index in [0.717, 1.165) is 19.3 Å². The molecular weight excluding hydrogens is 402 g/mol. The molecule has 0 radical (unpaired) electrons. The number of ether oxygens (including phenoxy) is 3. The third kappa shape index (κ3) is 4.37. The molecule has 2 aromatic rings. The lowest BCUT2D eigenvalue weighted by Gasteiger charge is -2.32. The van der Waals surface area contributed by atoms with Crippen LogP contribution in [0.5, 0.6) is 5.75 Å². The van der Waals surface area contributed by atoms with Crippen LogP contribution in [0.25, 0.3) is 11.1 Å². The Balaban J connectivity index is 1.67. The Bertz CT molecular complexity index is 911. The van der Waals surface area contributed by atoms with E-state index >= 15 is 4.39 Å². The van der Waals surface area contributed by atoms with Crippen LogP contribution >= 0.6 is 0 Å². The maximum absolute atomic E-state index is 15.3. The molecule has 0 aliphatic carbocycles. The topological polar surface area (TPSA) is 64.0 Å². The largest absolute Gasteiger partial charge is 0.498 e. The minimum atomic E-state index is -0.751. The minimum absolute atomic E-state index is 0.0206. The van der Waals surface area contributed by atoms with Crippen LogP contribution in [0, 0.1) is 5.82 Å². The van der Waals surface area contributed by atoms with Crippen LogP contribution in [0.4, 0.5) is 4.39 Å². The number of methoxy groups -OCH3 is 1. The first kappa shape index (κ1) is 22.3. The number of rotatable bonds is 6. The molecule has 2 fully saturated rings. The van der Waals surface area contributed by atoms with Crippen LogP contribution in [0.3, 0.4) is 0 Å². The van der Waals surface area contributed by atoms with E-state index in [4.69, 9.17) is 23.5 Å². The fourth-order valence-electron chi connectivity index (χ4n) is 3.76. The summed E-state index contributed by atoms with van der Waals surface area (Å²) in [5.74, 6) is 0.0389. The first-order valence-electron chi connectivity index (χ1n) is 10.7. The summed E-state index contributed by atoms with van der Waals surface area (Å²) >= 11 is 0. The summed E-state index contributed by atoms with van der Waals surface area (Å²) in [5.41, 5.74) is 0.418. The number of nitrogens with zero attached hydrogens (tertiary/aromatic N) is 2. The molecule has 31 heavy (non-hydrogen) atoms. The monoisotopic (exact) mass is 432 g/mol. The second-order valence-corrected chi connectivity index (χ2v) is 9.04. The number of halogens is 1. The molecule has 2 aliphatic heterocycles. The molecule has 1 aromatic carbocycles. The van der Waals surface area contributed by atoms with Gasteiger partial charge in [-0.05, 0) is 59.1 Å². The van der Waals surface area contributed by atoms with E-state index in [0.29, 0.717) is 28.9 Å². The molecule has 0 saturated carbocycles. The standard InChI is InChI=1S/C22H30BFN2O5/c1-21(2)22(3,4)31-23(30-21)17-11-18(24)16(10-19(17)29-14-27-5)15-12-25-26(13-15)20-8-6-7-9-28-20/h10-13,20H,6-9,14H2,1-5H3. The van der Waals surface area contributed by atoms with E-state index in [1.54, 1.807) is 16.9 Å². The molecule has 1 unspecified atom stereocenters. The second kappa shape index (κ2) is 8.54. The van der Waals surface area contributed by atoms with Crippen molar-refractivity contribution in [3.63, 3.8) is 0 Å². The Morgan fingerprint density at radius 1 is 1.19 bits per heavy atom. The molecule has 0 amide bonds. The molecule has 0 bridgehead atoms. The predicted molar refractivity (Wildman–Crippen MR) is 115 cm³/mol. The molecular formula is C22H30BFN2O5. The van der Waals surface area contributed by atoms with Crippen molar-refractivity contribution < 1.29 is 27.9 Å². The van der Waals surface area contributed by atoms with Crippen molar-refractivity contribution in [1.29, 1.82) is 0 Å². The van der Waals surface area contributed by atoms with Gasteiger partial charge in [-0.2, -0.15) is 5.10 Å². The van der Waals surface area contributed by atoms with Gasteiger partial charge in [0.25, 0.3) is 0 Å². The van der Waals surface area contributed by atoms with Crippen molar-refractivity contribution in [3.8, 4) is 16.9 Å². The van der Waals surface area contributed by atoms with Gasteiger partial charge in [0.05, 0.1) is 17.4 Å². The maximum Gasteiger partial charge on any atom is 0.498 e. The normalized spacial score (nSPS) is 22.6.